The second-order valence-electron chi connectivity index (χ2n) is 4.13. The van der Waals surface area contributed by atoms with Crippen molar-refractivity contribution < 1.29 is 8.78 Å². The smallest absolute Gasteiger partial charge is 0.225 e. The lowest BCUT2D eigenvalue weighted by atomic mass is 10.2. The number of nitrogen functional groups attached to an aromatic ring is 1. The first kappa shape index (κ1) is 14.0. The van der Waals surface area contributed by atoms with Gasteiger partial charge in [-0.15, -0.1) is 0 Å². The summed E-state index contributed by atoms with van der Waals surface area (Å²) in [7, 11) is 0. The average Bonchev–Trinajstić information content (AvgIpc) is 2.43. The second kappa shape index (κ2) is 6.14. The van der Waals surface area contributed by atoms with E-state index in [1.165, 1.54) is 12.3 Å². The number of nitrogens with two attached hydrogens (primary N) is 1. The first-order valence-corrected chi connectivity index (χ1v) is 6.14. The molecule has 2 rings (SSSR count). The van der Waals surface area contributed by atoms with Crippen molar-refractivity contribution in [3.8, 4) is 0 Å². The highest BCUT2D eigenvalue weighted by Gasteiger charge is 2.05. The van der Waals surface area contributed by atoms with Crippen molar-refractivity contribution in [2.24, 2.45) is 0 Å². The number of rotatable bonds is 5. The predicted molar refractivity (Wildman–Crippen MR) is 74.3 cm³/mol. The van der Waals surface area contributed by atoms with E-state index in [4.69, 9.17) is 5.73 Å². The number of nitrogens with one attached hydrogen (secondary N) is 2. The Hall–Kier alpha value is -2.44. The molecule has 0 aliphatic heterocycles. The molecule has 1 aromatic heterocycles. The number of hydrogen-bond acceptors (Lipinski definition) is 5. The Morgan fingerprint density at radius 1 is 1.20 bits per heavy atom. The van der Waals surface area contributed by atoms with E-state index in [9.17, 15) is 8.78 Å². The van der Waals surface area contributed by atoms with Crippen LogP contribution in [0.3, 0.4) is 0 Å². The van der Waals surface area contributed by atoms with Gasteiger partial charge in [0.15, 0.2) is 17.5 Å². The molecule has 5 nitrogen and oxygen atoms in total. The molecule has 0 unspecified atom stereocenters. The van der Waals surface area contributed by atoms with E-state index in [0.29, 0.717) is 29.6 Å². The molecule has 0 amide bonds. The van der Waals surface area contributed by atoms with E-state index in [1.807, 2.05) is 6.92 Å². The normalized spacial score (nSPS) is 10.3. The van der Waals surface area contributed by atoms with Gasteiger partial charge in [-0.1, -0.05) is 6.07 Å². The van der Waals surface area contributed by atoms with Crippen LogP contribution in [0.4, 0.5) is 26.2 Å². The quantitative estimate of drug-likeness (QED) is 0.783. The molecular formula is C13H15F2N5. The molecule has 0 saturated heterocycles. The maximum atomic E-state index is 13.1. The molecule has 0 radical (unpaired) electrons. The fraction of sp³-hybridized carbons (Fsp3) is 0.231. The van der Waals surface area contributed by atoms with E-state index >= 15 is 0 Å². The van der Waals surface area contributed by atoms with Crippen molar-refractivity contribution >= 4 is 17.5 Å². The maximum absolute atomic E-state index is 13.1. The molecule has 1 aromatic carbocycles. The minimum atomic E-state index is -0.879. The zero-order chi connectivity index (χ0) is 14.5. The second-order valence-corrected chi connectivity index (χ2v) is 4.13. The lowest BCUT2D eigenvalue weighted by Crippen LogP contribution is -2.09. The Labute approximate surface area is 115 Å². The summed E-state index contributed by atoms with van der Waals surface area (Å²) in [5, 5.41) is 5.93. The highest BCUT2D eigenvalue weighted by atomic mass is 19.2. The Kier molecular flexibility index (Phi) is 4.29. The van der Waals surface area contributed by atoms with Crippen molar-refractivity contribution in [3.63, 3.8) is 0 Å². The van der Waals surface area contributed by atoms with Crippen LogP contribution in [0.1, 0.15) is 12.5 Å². The molecule has 0 atom stereocenters. The van der Waals surface area contributed by atoms with Crippen LogP contribution in [0.2, 0.25) is 0 Å². The molecule has 1 heterocycles. The van der Waals surface area contributed by atoms with Gasteiger partial charge in [0.2, 0.25) is 5.95 Å². The van der Waals surface area contributed by atoms with Crippen LogP contribution < -0.4 is 16.4 Å². The van der Waals surface area contributed by atoms with Crippen LogP contribution in [-0.4, -0.2) is 16.5 Å². The summed E-state index contributed by atoms with van der Waals surface area (Å²) in [6.07, 6.45) is 1.48. The van der Waals surface area contributed by atoms with E-state index in [-0.39, 0.29) is 6.54 Å². The Morgan fingerprint density at radius 3 is 2.70 bits per heavy atom. The van der Waals surface area contributed by atoms with E-state index in [1.54, 1.807) is 0 Å². The first-order chi connectivity index (χ1) is 9.60. The van der Waals surface area contributed by atoms with Crippen LogP contribution in [0.5, 0.6) is 0 Å². The summed E-state index contributed by atoms with van der Waals surface area (Å²) in [4.78, 5) is 8.21. The van der Waals surface area contributed by atoms with Gasteiger partial charge in [0, 0.05) is 13.1 Å². The zero-order valence-corrected chi connectivity index (χ0v) is 11.0. The van der Waals surface area contributed by atoms with Crippen molar-refractivity contribution in [2.75, 3.05) is 22.9 Å². The van der Waals surface area contributed by atoms with Crippen molar-refractivity contribution in [1.82, 2.24) is 9.97 Å². The minimum Gasteiger partial charge on any atom is -0.394 e. The van der Waals surface area contributed by atoms with Crippen LogP contribution in [-0.2, 0) is 6.54 Å². The summed E-state index contributed by atoms with van der Waals surface area (Å²) in [5.41, 5.74) is 6.75. The largest absolute Gasteiger partial charge is 0.394 e. The van der Waals surface area contributed by atoms with Gasteiger partial charge >= 0.3 is 0 Å². The molecule has 2 aromatic rings. The van der Waals surface area contributed by atoms with Crippen LogP contribution in [0.15, 0.2) is 24.4 Å². The fourth-order valence-corrected chi connectivity index (χ4v) is 1.62. The summed E-state index contributed by atoms with van der Waals surface area (Å²) in [6, 6.07) is 3.71. The van der Waals surface area contributed by atoms with Crippen molar-refractivity contribution in [3.05, 3.63) is 41.6 Å². The summed E-state index contributed by atoms with van der Waals surface area (Å²) < 4.78 is 25.9. The number of halogens is 2. The average molecular weight is 279 g/mol. The lowest BCUT2D eigenvalue weighted by molar-refractivity contribution is 0.507. The van der Waals surface area contributed by atoms with Gasteiger partial charge in [0.25, 0.3) is 0 Å². The topological polar surface area (TPSA) is 75.9 Å². The molecule has 0 saturated carbocycles. The standard InChI is InChI=1S/C13H15F2N5/c1-2-17-12-11(16)7-19-13(20-12)18-6-8-3-4-9(14)10(15)5-8/h3-5,7H,2,6,16H2,1H3,(H2,17,18,19,20). The Bertz CT molecular complexity index is 603. The van der Waals surface area contributed by atoms with Gasteiger partial charge in [0.05, 0.1) is 11.9 Å². The molecule has 7 heteroatoms. The molecule has 0 fully saturated rings. The third-order valence-electron chi connectivity index (χ3n) is 2.60. The summed E-state index contributed by atoms with van der Waals surface area (Å²) >= 11 is 0. The molecule has 106 valence electrons. The number of hydrogen-bond donors (Lipinski definition) is 3. The molecule has 0 bridgehead atoms. The molecular weight excluding hydrogens is 264 g/mol. The lowest BCUT2D eigenvalue weighted by Gasteiger charge is -2.09. The molecule has 0 aliphatic rings. The van der Waals surface area contributed by atoms with Gasteiger partial charge < -0.3 is 16.4 Å². The Morgan fingerprint density at radius 2 is 2.00 bits per heavy atom. The zero-order valence-electron chi connectivity index (χ0n) is 11.0. The van der Waals surface area contributed by atoms with E-state index < -0.39 is 11.6 Å². The number of anilines is 3. The minimum absolute atomic E-state index is 0.284. The van der Waals surface area contributed by atoms with Gasteiger partial charge in [0.1, 0.15) is 0 Å². The number of benzene rings is 1. The number of aromatic nitrogens is 2. The van der Waals surface area contributed by atoms with Gasteiger partial charge in [-0.05, 0) is 24.6 Å². The maximum Gasteiger partial charge on any atom is 0.225 e. The van der Waals surface area contributed by atoms with Gasteiger partial charge in [-0.2, -0.15) is 4.98 Å². The van der Waals surface area contributed by atoms with E-state index in [2.05, 4.69) is 20.6 Å². The fourth-order valence-electron chi connectivity index (χ4n) is 1.62. The molecule has 4 N–H and O–H groups in total. The van der Waals surface area contributed by atoms with Crippen LogP contribution >= 0.6 is 0 Å². The van der Waals surface area contributed by atoms with Crippen LogP contribution in [0, 0.1) is 11.6 Å². The SMILES string of the molecule is CCNc1nc(NCc2ccc(F)c(F)c2)ncc1N. The third kappa shape index (κ3) is 3.31. The highest BCUT2D eigenvalue weighted by Crippen LogP contribution is 2.16. The summed E-state index contributed by atoms with van der Waals surface area (Å²) in [6.45, 7) is 2.90. The number of nitrogens with zero attached hydrogens (tertiary/aromatic N) is 2. The molecule has 0 spiro atoms. The van der Waals surface area contributed by atoms with Crippen molar-refractivity contribution in [1.29, 1.82) is 0 Å². The molecule has 20 heavy (non-hydrogen) atoms. The van der Waals surface area contributed by atoms with Crippen LogP contribution in [0.25, 0.3) is 0 Å². The van der Waals surface area contributed by atoms with Crippen molar-refractivity contribution in [2.45, 2.75) is 13.5 Å². The summed E-state index contributed by atoms with van der Waals surface area (Å²) in [5.74, 6) is -0.849. The van der Waals surface area contributed by atoms with Gasteiger partial charge in [-0.25, -0.2) is 13.8 Å². The predicted octanol–water partition coefficient (Wildman–Crippen LogP) is 2.38. The van der Waals surface area contributed by atoms with Gasteiger partial charge in [-0.3, -0.25) is 0 Å². The Balaban J connectivity index is 2.06. The molecule has 0 aliphatic carbocycles. The monoisotopic (exact) mass is 279 g/mol. The first-order valence-electron chi connectivity index (χ1n) is 6.14. The van der Waals surface area contributed by atoms with E-state index in [0.717, 1.165) is 12.1 Å². The third-order valence-corrected chi connectivity index (χ3v) is 2.60. The highest BCUT2D eigenvalue weighted by molar-refractivity contribution is 5.61.